The minimum absolute atomic E-state index is 0.627. The summed E-state index contributed by atoms with van der Waals surface area (Å²) in [7, 11) is 3.23. The fraction of sp³-hybridized carbons (Fsp3) is 0.188. The number of ether oxygens (including phenoxy) is 2. The van der Waals surface area contributed by atoms with Crippen LogP contribution in [0.3, 0.4) is 0 Å². The van der Waals surface area contributed by atoms with E-state index in [1.54, 1.807) is 20.4 Å². The van der Waals surface area contributed by atoms with Gasteiger partial charge in [-0.3, -0.25) is 4.99 Å². The Morgan fingerprint density at radius 2 is 1.70 bits per heavy atom. The maximum atomic E-state index is 6.08. The second-order valence-electron chi connectivity index (χ2n) is 4.27. The van der Waals surface area contributed by atoms with E-state index in [-0.39, 0.29) is 0 Å². The first-order valence-electron chi connectivity index (χ1n) is 6.17. The van der Waals surface area contributed by atoms with Gasteiger partial charge in [-0.15, -0.1) is 0 Å². The van der Waals surface area contributed by atoms with E-state index in [9.17, 15) is 0 Å². The molecule has 2 aromatic rings. The van der Waals surface area contributed by atoms with Crippen LogP contribution in [0.4, 0.5) is 5.69 Å². The molecule has 0 spiro atoms. The van der Waals surface area contributed by atoms with Crippen molar-refractivity contribution < 1.29 is 9.47 Å². The second kappa shape index (κ2) is 6.44. The number of aliphatic imine (C=N–C) groups is 1. The average molecular weight is 290 g/mol. The van der Waals surface area contributed by atoms with Crippen LogP contribution in [0.25, 0.3) is 0 Å². The summed E-state index contributed by atoms with van der Waals surface area (Å²) in [5, 5.41) is 0.627. The quantitative estimate of drug-likeness (QED) is 0.780. The van der Waals surface area contributed by atoms with Crippen LogP contribution in [0, 0.1) is 6.92 Å². The summed E-state index contributed by atoms with van der Waals surface area (Å²) >= 11 is 6.08. The van der Waals surface area contributed by atoms with Crippen molar-refractivity contribution in [1.82, 2.24) is 0 Å². The topological polar surface area (TPSA) is 30.8 Å². The maximum Gasteiger partial charge on any atom is 0.161 e. The lowest BCUT2D eigenvalue weighted by molar-refractivity contribution is 0.354. The number of hydrogen-bond donors (Lipinski definition) is 0. The van der Waals surface area contributed by atoms with Crippen molar-refractivity contribution in [3.63, 3.8) is 0 Å². The first kappa shape index (κ1) is 14.4. The monoisotopic (exact) mass is 289 g/mol. The van der Waals surface area contributed by atoms with Gasteiger partial charge >= 0.3 is 0 Å². The van der Waals surface area contributed by atoms with Crippen LogP contribution in [-0.2, 0) is 0 Å². The molecule has 0 saturated carbocycles. The molecule has 0 saturated heterocycles. The Kier molecular flexibility index (Phi) is 4.64. The van der Waals surface area contributed by atoms with Crippen LogP contribution < -0.4 is 9.47 Å². The molecule has 0 atom stereocenters. The number of nitrogens with zero attached hydrogens (tertiary/aromatic N) is 1. The molecule has 0 aliphatic carbocycles. The number of methoxy groups -OCH3 is 2. The first-order chi connectivity index (χ1) is 9.65. The SMILES string of the molecule is COc1cc(C)c(C=Nc2ccccc2Cl)cc1OC. The fourth-order valence-electron chi connectivity index (χ4n) is 1.83. The van der Waals surface area contributed by atoms with Crippen LogP contribution in [0.2, 0.25) is 5.02 Å². The molecule has 3 nitrogen and oxygen atoms in total. The lowest BCUT2D eigenvalue weighted by atomic mass is 10.1. The van der Waals surface area contributed by atoms with Gasteiger partial charge in [0, 0.05) is 6.21 Å². The highest BCUT2D eigenvalue weighted by Gasteiger charge is 2.07. The molecule has 2 aromatic carbocycles. The largest absolute Gasteiger partial charge is 0.493 e. The van der Waals surface area contributed by atoms with Crippen LogP contribution in [0.15, 0.2) is 41.4 Å². The van der Waals surface area contributed by atoms with Crippen LogP contribution in [0.5, 0.6) is 11.5 Å². The third kappa shape index (κ3) is 3.11. The number of hydrogen-bond acceptors (Lipinski definition) is 3. The van der Waals surface area contributed by atoms with Crippen LogP contribution in [0.1, 0.15) is 11.1 Å². The van der Waals surface area contributed by atoms with Crippen molar-refractivity contribution >= 4 is 23.5 Å². The molecule has 2 rings (SSSR count). The molecule has 0 amide bonds. The molecule has 0 unspecified atom stereocenters. The van der Waals surface area contributed by atoms with Gasteiger partial charge < -0.3 is 9.47 Å². The Labute approximate surface area is 123 Å². The Morgan fingerprint density at radius 1 is 1.05 bits per heavy atom. The van der Waals surface area contributed by atoms with E-state index >= 15 is 0 Å². The molecule has 0 bridgehead atoms. The summed E-state index contributed by atoms with van der Waals surface area (Å²) in [4.78, 5) is 4.41. The zero-order chi connectivity index (χ0) is 14.5. The van der Waals surface area contributed by atoms with Crippen molar-refractivity contribution in [2.75, 3.05) is 14.2 Å². The van der Waals surface area contributed by atoms with E-state index < -0.39 is 0 Å². The molecule has 0 aromatic heterocycles. The molecular formula is C16H16ClNO2. The van der Waals surface area contributed by atoms with Crippen LogP contribution in [-0.4, -0.2) is 20.4 Å². The molecule has 0 aliphatic heterocycles. The predicted molar refractivity (Wildman–Crippen MR) is 83.0 cm³/mol. The van der Waals surface area contributed by atoms with E-state index in [1.807, 2.05) is 43.3 Å². The van der Waals surface area contributed by atoms with Crippen molar-refractivity contribution in [1.29, 1.82) is 0 Å². The summed E-state index contributed by atoms with van der Waals surface area (Å²) < 4.78 is 10.6. The lowest BCUT2D eigenvalue weighted by Gasteiger charge is -2.10. The molecule has 0 heterocycles. The highest BCUT2D eigenvalue weighted by Crippen LogP contribution is 2.30. The van der Waals surface area contributed by atoms with Crippen molar-refractivity contribution in [2.45, 2.75) is 6.92 Å². The zero-order valence-electron chi connectivity index (χ0n) is 11.7. The lowest BCUT2D eigenvalue weighted by Crippen LogP contribution is -1.95. The van der Waals surface area contributed by atoms with Crippen LogP contribution >= 0.6 is 11.6 Å². The fourth-order valence-corrected chi connectivity index (χ4v) is 2.02. The molecule has 104 valence electrons. The van der Waals surface area contributed by atoms with E-state index in [1.165, 1.54) is 0 Å². The van der Waals surface area contributed by atoms with Gasteiger partial charge in [0.05, 0.1) is 24.9 Å². The molecular weight excluding hydrogens is 274 g/mol. The van der Waals surface area contributed by atoms with Gasteiger partial charge in [-0.2, -0.15) is 0 Å². The standard InChI is InChI=1S/C16H16ClNO2/c1-11-8-15(19-2)16(20-3)9-12(11)10-18-14-7-5-4-6-13(14)17/h4-10H,1-3H3. The maximum absolute atomic E-state index is 6.08. The molecule has 0 N–H and O–H groups in total. The van der Waals surface area contributed by atoms with Gasteiger partial charge in [0.25, 0.3) is 0 Å². The minimum Gasteiger partial charge on any atom is -0.493 e. The number of para-hydroxylation sites is 1. The van der Waals surface area contributed by atoms with E-state index in [0.29, 0.717) is 16.5 Å². The Balaban J connectivity index is 2.36. The van der Waals surface area contributed by atoms with E-state index in [2.05, 4.69) is 4.99 Å². The Bertz CT molecular complexity index is 638. The van der Waals surface area contributed by atoms with Gasteiger partial charge in [-0.25, -0.2) is 0 Å². The highest BCUT2D eigenvalue weighted by molar-refractivity contribution is 6.33. The third-order valence-corrected chi connectivity index (χ3v) is 3.29. The first-order valence-corrected chi connectivity index (χ1v) is 6.54. The van der Waals surface area contributed by atoms with Crippen molar-refractivity contribution in [3.8, 4) is 11.5 Å². The van der Waals surface area contributed by atoms with Gasteiger partial charge in [0.15, 0.2) is 11.5 Å². The van der Waals surface area contributed by atoms with Gasteiger partial charge in [0.2, 0.25) is 0 Å². The predicted octanol–water partition coefficient (Wildman–Crippen LogP) is 4.42. The van der Waals surface area contributed by atoms with Gasteiger partial charge in [-0.1, -0.05) is 23.7 Å². The molecule has 0 radical (unpaired) electrons. The summed E-state index contributed by atoms with van der Waals surface area (Å²) in [5.74, 6) is 1.39. The third-order valence-electron chi connectivity index (χ3n) is 2.97. The summed E-state index contributed by atoms with van der Waals surface area (Å²) in [6, 6.07) is 11.3. The number of benzene rings is 2. The second-order valence-corrected chi connectivity index (χ2v) is 4.68. The summed E-state index contributed by atoms with van der Waals surface area (Å²) in [6.07, 6.45) is 1.78. The number of rotatable bonds is 4. The number of aryl methyl sites for hydroxylation is 1. The van der Waals surface area contributed by atoms with Gasteiger partial charge in [0.1, 0.15) is 0 Å². The Morgan fingerprint density at radius 3 is 2.35 bits per heavy atom. The number of halogens is 1. The molecule has 0 aliphatic rings. The average Bonchev–Trinajstić information content (AvgIpc) is 2.47. The van der Waals surface area contributed by atoms with E-state index in [0.717, 1.165) is 16.8 Å². The summed E-state index contributed by atoms with van der Waals surface area (Å²) in [5.41, 5.74) is 2.75. The Hall–Kier alpha value is -2.00. The van der Waals surface area contributed by atoms with Crippen molar-refractivity contribution in [3.05, 3.63) is 52.5 Å². The smallest absolute Gasteiger partial charge is 0.161 e. The minimum atomic E-state index is 0.627. The zero-order valence-corrected chi connectivity index (χ0v) is 12.4. The molecule has 4 heteroatoms. The van der Waals surface area contributed by atoms with Gasteiger partial charge in [-0.05, 0) is 42.3 Å². The van der Waals surface area contributed by atoms with Crippen molar-refractivity contribution in [2.24, 2.45) is 4.99 Å². The highest BCUT2D eigenvalue weighted by atomic mass is 35.5. The normalized spacial score (nSPS) is 10.8. The summed E-state index contributed by atoms with van der Waals surface area (Å²) in [6.45, 7) is 2.00. The molecule has 0 fully saturated rings. The van der Waals surface area contributed by atoms with E-state index in [4.69, 9.17) is 21.1 Å². The molecule has 20 heavy (non-hydrogen) atoms.